The standard InChI is InChI=1S/C27H30O15/c1-9-19(32)21(34)23(36)26(38-9)41-17-7-12-15(39-25(17)10-2-3-13(30)14(31)4-10)5-11(29)6-16(12)40-27-24(37)22(35)20(33)18(8-28)42-27/h2-7,9,18-24,26-28,32-37H,8H2,1H3,(H2-,29,30,31)/p+1/t9-,18+,19-,20+,21+,22-,23+,24+,26-,27+/m0/s1. The van der Waals surface area contributed by atoms with Gasteiger partial charge < -0.3 is 70.0 Å². The van der Waals surface area contributed by atoms with Gasteiger partial charge in [0.25, 0.3) is 0 Å². The van der Waals surface area contributed by atoms with Gasteiger partial charge in [0.05, 0.1) is 24.3 Å². The quantitative estimate of drug-likeness (QED) is 0.120. The van der Waals surface area contributed by atoms with Crippen molar-refractivity contribution in [1.29, 1.82) is 0 Å². The fourth-order valence-corrected chi connectivity index (χ4v) is 4.75. The molecule has 15 heteroatoms. The normalized spacial score (nSPS) is 33.4. The van der Waals surface area contributed by atoms with E-state index in [9.17, 15) is 51.1 Å². The van der Waals surface area contributed by atoms with Crippen molar-refractivity contribution in [2.75, 3.05) is 6.61 Å². The minimum atomic E-state index is -1.77. The first-order valence-electron chi connectivity index (χ1n) is 12.9. The van der Waals surface area contributed by atoms with Gasteiger partial charge in [-0.1, -0.05) is 0 Å². The van der Waals surface area contributed by atoms with Crippen molar-refractivity contribution in [2.24, 2.45) is 0 Å². The minimum absolute atomic E-state index is 0.0292. The second-order valence-corrected chi connectivity index (χ2v) is 10.1. The highest BCUT2D eigenvalue weighted by Crippen LogP contribution is 2.43. The summed E-state index contributed by atoms with van der Waals surface area (Å²) in [5.74, 6) is -1.71. The van der Waals surface area contributed by atoms with E-state index in [4.69, 9.17) is 23.4 Å². The van der Waals surface area contributed by atoms with Crippen molar-refractivity contribution in [2.45, 2.75) is 68.3 Å². The molecule has 3 aromatic rings. The lowest BCUT2D eigenvalue weighted by Crippen LogP contribution is -2.60. The van der Waals surface area contributed by atoms with Crippen molar-refractivity contribution >= 4 is 11.0 Å². The highest BCUT2D eigenvalue weighted by molar-refractivity contribution is 5.89. The second-order valence-electron chi connectivity index (χ2n) is 10.1. The number of ether oxygens (including phenoxy) is 4. The van der Waals surface area contributed by atoms with Gasteiger partial charge in [0.2, 0.25) is 18.3 Å². The molecule has 0 spiro atoms. The van der Waals surface area contributed by atoms with E-state index in [-0.39, 0.29) is 39.5 Å². The lowest BCUT2D eigenvalue weighted by atomic mass is 9.99. The number of aliphatic hydroxyl groups excluding tert-OH is 7. The van der Waals surface area contributed by atoms with Crippen molar-refractivity contribution in [3.8, 4) is 40.1 Å². The number of hydrogen-bond acceptors (Lipinski definition) is 14. The van der Waals surface area contributed by atoms with Gasteiger partial charge in [0.1, 0.15) is 59.6 Å². The van der Waals surface area contributed by atoms with Gasteiger partial charge in [0.15, 0.2) is 11.5 Å². The van der Waals surface area contributed by atoms with Crippen molar-refractivity contribution < 1.29 is 74.4 Å². The Labute approximate surface area is 237 Å². The molecule has 5 rings (SSSR count). The minimum Gasteiger partial charge on any atom is -0.507 e. The lowest BCUT2D eigenvalue weighted by Gasteiger charge is -2.39. The molecule has 0 radical (unpaired) electrons. The molecule has 2 aromatic carbocycles. The van der Waals surface area contributed by atoms with Crippen LogP contribution in [0.1, 0.15) is 6.92 Å². The van der Waals surface area contributed by atoms with E-state index in [1.807, 2.05) is 0 Å². The zero-order valence-electron chi connectivity index (χ0n) is 22.0. The first kappa shape index (κ1) is 30.0. The molecule has 228 valence electrons. The van der Waals surface area contributed by atoms with E-state index in [0.717, 1.165) is 12.1 Å². The van der Waals surface area contributed by atoms with Crippen LogP contribution in [0.4, 0.5) is 0 Å². The summed E-state index contributed by atoms with van der Waals surface area (Å²) >= 11 is 0. The fourth-order valence-electron chi connectivity index (χ4n) is 4.75. The monoisotopic (exact) mass is 595 g/mol. The number of aliphatic hydroxyl groups is 7. The Kier molecular flexibility index (Phi) is 8.30. The fraction of sp³-hybridized carbons (Fsp3) is 0.444. The van der Waals surface area contributed by atoms with Crippen LogP contribution in [-0.4, -0.2) is 119 Å². The number of benzene rings is 2. The van der Waals surface area contributed by atoms with Gasteiger partial charge in [-0.25, -0.2) is 4.42 Å². The Morgan fingerprint density at radius 1 is 0.714 bits per heavy atom. The van der Waals surface area contributed by atoms with Crippen LogP contribution in [0, 0.1) is 0 Å². The summed E-state index contributed by atoms with van der Waals surface area (Å²) in [6.07, 6.45) is -15.3. The maximum atomic E-state index is 10.5. The number of fused-ring (bicyclic) bond motifs is 1. The molecule has 3 heterocycles. The third-order valence-corrected chi connectivity index (χ3v) is 7.18. The number of hydrogen-bond donors (Lipinski definition) is 10. The maximum absolute atomic E-state index is 10.5. The Hall–Kier alpha value is -3.51. The molecule has 0 aliphatic carbocycles. The summed E-state index contributed by atoms with van der Waals surface area (Å²) in [4.78, 5) is 0. The van der Waals surface area contributed by atoms with E-state index in [2.05, 4.69) is 0 Å². The lowest BCUT2D eigenvalue weighted by molar-refractivity contribution is -0.277. The van der Waals surface area contributed by atoms with Crippen LogP contribution in [0.15, 0.2) is 40.8 Å². The maximum Gasteiger partial charge on any atom is 0.402 e. The van der Waals surface area contributed by atoms with Crippen LogP contribution < -0.4 is 9.47 Å². The number of phenolic OH excluding ortho intramolecular Hbond substituents is 3. The molecule has 0 unspecified atom stereocenters. The van der Waals surface area contributed by atoms with Gasteiger partial charge in [-0.3, -0.25) is 0 Å². The average molecular weight is 596 g/mol. The van der Waals surface area contributed by atoms with Gasteiger partial charge in [0, 0.05) is 18.2 Å². The number of phenols is 3. The van der Waals surface area contributed by atoms with Crippen molar-refractivity contribution in [3.63, 3.8) is 0 Å². The zero-order chi connectivity index (χ0) is 30.5. The molecular weight excluding hydrogens is 564 g/mol. The van der Waals surface area contributed by atoms with E-state index < -0.39 is 79.5 Å². The molecule has 2 aliphatic rings. The molecule has 10 N–H and O–H groups in total. The summed E-state index contributed by atoms with van der Waals surface area (Å²) in [5.41, 5.74) is 0.138. The molecule has 10 atom stereocenters. The topological polar surface area (TPSA) is 251 Å². The Balaban J connectivity index is 1.61. The second kappa shape index (κ2) is 11.6. The van der Waals surface area contributed by atoms with Crippen molar-refractivity contribution in [1.82, 2.24) is 0 Å². The van der Waals surface area contributed by atoms with E-state index in [1.165, 1.54) is 31.2 Å². The van der Waals surface area contributed by atoms with Crippen LogP contribution in [-0.2, 0) is 9.47 Å². The predicted molar refractivity (Wildman–Crippen MR) is 138 cm³/mol. The highest BCUT2D eigenvalue weighted by Gasteiger charge is 2.46. The molecule has 2 aliphatic heterocycles. The number of rotatable bonds is 6. The van der Waals surface area contributed by atoms with E-state index >= 15 is 0 Å². The predicted octanol–water partition coefficient (Wildman–Crippen LogP) is -1.12. The van der Waals surface area contributed by atoms with Crippen LogP contribution >= 0.6 is 0 Å². The molecule has 2 saturated heterocycles. The SMILES string of the molecule is C[C@@H]1O[C@@H](Oc2cc3c(O[C@@H]4O[C@H](CO)[C@@H](O)[C@H](O)[C@H]4O)cc(O)cc3[o+]c2-c2ccc(O)c(O)c2)[C@H](O)[C@H](O)[C@H]1O. The third-order valence-electron chi connectivity index (χ3n) is 7.18. The van der Waals surface area contributed by atoms with E-state index in [0.29, 0.717) is 0 Å². The molecule has 0 amide bonds. The van der Waals surface area contributed by atoms with Crippen LogP contribution in [0.3, 0.4) is 0 Å². The Morgan fingerprint density at radius 3 is 2.02 bits per heavy atom. The van der Waals surface area contributed by atoms with Gasteiger partial charge in [-0.05, 0) is 19.1 Å². The summed E-state index contributed by atoms with van der Waals surface area (Å²) in [6, 6.07) is 7.37. The first-order chi connectivity index (χ1) is 19.9. The molecule has 0 saturated carbocycles. The van der Waals surface area contributed by atoms with Crippen LogP contribution in [0.2, 0.25) is 0 Å². The van der Waals surface area contributed by atoms with Crippen molar-refractivity contribution in [3.05, 3.63) is 36.4 Å². The molecule has 15 nitrogen and oxygen atoms in total. The largest absolute Gasteiger partial charge is 0.507 e. The average Bonchev–Trinajstić information content (AvgIpc) is 2.96. The molecular formula is C27H31O15+. The van der Waals surface area contributed by atoms with Crippen LogP contribution in [0.5, 0.6) is 28.7 Å². The van der Waals surface area contributed by atoms with Gasteiger partial charge in [-0.15, -0.1) is 0 Å². The molecule has 0 bridgehead atoms. The number of aromatic hydroxyl groups is 3. The summed E-state index contributed by atoms with van der Waals surface area (Å²) in [5, 5.41) is 101. The van der Waals surface area contributed by atoms with E-state index in [1.54, 1.807) is 0 Å². The van der Waals surface area contributed by atoms with Gasteiger partial charge in [-0.2, -0.15) is 0 Å². The van der Waals surface area contributed by atoms with Gasteiger partial charge >= 0.3 is 11.3 Å². The Bertz CT molecular complexity index is 1430. The summed E-state index contributed by atoms with van der Waals surface area (Å²) < 4.78 is 28.6. The van der Waals surface area contributed by atoms with Crippen LogP contribution in [0.25, 0.3) is 22.3 Å². The third kappa shape index (κ3) is 5.49. The molecule has 42 heavy (non-hydrogen) atoms. The molecule has 1 aromatic heterocycles. The first-order valence-corrected chi connectivity index (χ1v) is 12.9. The smallest absolute Gasteiger partial charge is 0.402 e. The Morgan fingerprint density at radius 2 is 1.36 bits per heavy atom. The molecule has 2 fully saturated rings. The highest BCUT2D eigenvalue weighted by atomic mass is 16.7. The summed E-state index contributed by atoms with van der Waals surface area (Å²) in [7, 11) is 0. The zero-order valence-corrected chi connectivity index (χ0v) is 22.0. The summed E-state index contributed by atoms with van der Waals surface area (Å²) in [6.45, 7) is 0.749.